The lowest BCUT2D eigenvalue weighted by Gasteiger charge is -2.18. The molecule has 1 unspecified atom stereocenters. The van der Waals surface area contributed by atoms with Crippen LogP contribution < -0.4 is 4.90 Å². The maximum Gasteiger partial charge on any atom is 0.312 e. The van der Waals surface area contributed by atoms with Gasteiger partial charge in [0.05, 0.1) is 0 Å². The van der Waals surface area contributed by atoms with Crippen molar-refractivity contribution in [3.05, 3.63) is 29.8 Å². The third kappa shape index (κ3) is 2.23. The fourth-order valence-electron chi connectivity index (χ4n) is 2.31. The van der Waals surface area contributed by atoms with E-state index in [1.165, 1.54) is 0 Å². The number of carboxylic acid groups (broad SMARTS) is 1. The zero-order chi connectivity index (χ0) is 13.3. The summed E-state index contributed by atoms with van der Waals surface area (Å²) in [5.74, 6) is -1.20. The predicted molar refractivity (Wildman–Crippen MR) is 68.6 cm³/mol. The van der Waals surface area contributed by atoms with Gasteiger partial charge in [-0.25, -0.2) is 0 Å². The normalized spacial score (nSPS) is 17.9. The molecular formula is C14H17NO3. The van der Waals surface area contributed by atoms with Gasteiger partial charge in [0, 0.05) is 18.7 Å². The zero-order valence-electron chi connectivity index (χ0n) is 10.6. The van der Waals surface area contributed by atoms with Gasteiger partial charge in [-0.1, -0.05) is 32.0 Å². The molecule has 0 radical (unpaired) electrons. The number of fused-ring (bicyclic) bond motifs is 1. The first kappa shape index (κ1) is 12.6. The minimum atomic E-state index is -0.873. The number of carbonyl (C=O) groups is 2. The molecule has 1 aliphatic heterocycles. The number of hydrogen-bond acceptors (Lipinski definition) is 2. The largest absolute Gasteiger partial charge is 0.481 e. The van der Waals surface area contributed by atoms with Crippen LogP contribution in [0.3, 0.4) is 0 Å². The third-order valence-electron chi connectivity index (χ3n) is 3.15. The maximum atomic E-state index is 12.1. The van der Waals surface area contributed by atoms with E-state index >= 15 is 0 Å². The van der Waals surface area contributed by atoms with Crippen molar-refractivity contribution >= 4 is 17.6 Å². The summed E-state index contributed by atoms with van der Waals surface area (Å²) in [6, 6.07) is 7.25. The highest BCUT2D eigenvalue weighted by Crippen LogP contribution is 2.36. The van der Waals surface area contributed by atoms with Gasteiger partial charge in [-0.05, 0) is 17.5 Å². The third-order valence-corrected chi connectivity index (χ3v) is 3.15. The summed E-state index contributed by atoms with van der Waals surface area (Å²) >= 11 is 0. The van der Waals surface area contributed by atoms with Gasteiger partial charge < -0.3 is 10.0 Å². The highest BCUT2D eigenvalue weighted by atomic mass is 16.4. The first-order valence-electron chi connectivity index (χ1n) is 6.12. The number of carbonyl (C=O) groups excluding carboxylic acids is 1. The molecule has 4 heteroatoms. The summed E-state index contributed by atoms with van der Waals surface area (Å²) in [5, 5.41) is 9.20. The molecule has 0 spiro atoms. The van der Waals surface area contributed by atoms with Crippen molar-refractivity contribution in [1.82, 2.24) is 0 Å². The monoisotopic (exact) mass is 247 g/mol. The lowest BCUT2D eigenvalue weighted by molar-refractivity contribution is -0.138. The molecule has 1 heterocycles. The van der Waals surface area contributed by atoms with Crippen molar-refractivity contribution in [3.63, 3.8) is 0 Å². The number of rotatable bonds is 3. The van der Waals surface area contributed by atoms with Crippen molar-refractivity contribution < 1.29 is 14.7 Å². The van der Waals surface area contributed by atoms with E-state index in [9.17, 15) is 14.7 Å². The number of aliphatic carboxylic acids is 1. The fourth-order valence-corrected chi connectivity index (χ4v) is 2.31. The van der Waals surface area contributed by atoms with Gasteiger partial charge in [-0.15, -0.1) is 0 Å². The SMILES string of the molecule is CC(C)CC(=O)N1CC(C(=O)O)c2ccccc21. The van der Waals surface area contributed by atoms with Gasteiger partial charge in [-0.3, -0.25) is 9.59 Å². The van der Waals surface area contributed by atoms with E-state index in [1.54, 1.807) is 11.0 Å². The van der Waals surface area contributed by atoms with E-state index in [-0.39, 0.29) is 18.4 Å². The Hall–Kier alpha value is -1.84. The molecule has 1 aromatic rings. The maximum absolute atomic E-state index is 12.1. The molecule has 0 saturated carbocycles. The molecule has 1 atom stereocenters. The van der Waals surface area contributed by atoms with Crippen LogP contribution in [0.1, 0.15) is 31.7 Å². The summed E-state index contributed by atoms with van der Waals surface area (Å²) in [6.45, 7) is 4.21. The predicted octanol–water partition coefficient (Wildman–Crippen LogP) is 2.25. The highest BCUT2D eigenvalue weighted by Gasteiger charge is 2.36. The molecule has 2 rings (SSSR count). The van der Waals surface area contributed by atoms with Crippen molar-refractivity contribution in [3.8, 4) is 0 Å². The van der Waals surface area contributed by atoms with E-state index in [4.69, 9.17) is 0 Å². The van der Waals surface area contributed by atoms with Crippen LogP contribution in [0.5, 0.6) is 0 Å². The summed E-state index contributed by atoms with van der Waals surface area (Å²) in [7, 11) is 0. The fraction of sp³-hybridized carbons (Fsp3) is 0.429. The minimum Gasteiger partial charge on any atom is -0.481 e. The van der Waals surface area contributed by atoms with Crippen LogP contribution in [0.25, 0.3) is 0 Å². The van der Waals surface area contributed by atoms with Gasteiger partial charge >= 0.3 is 5.97 Å². The quantitative estimate of drug-likeness (QED) is 0.891. The van der Waals surface area contributed by atoms with Crippen molar-refractivity contribution in [2.24, 2.45) is 5.92 Å². The van der Waals surface area contributed by atoms with Crippen LogP contribution in [0.2, 0.25) is 0 Å². The average molecular weight is 247 g/mol. The smallest absolute Gasteiger partial charge is 0.312 e. The topological polar surface area (TPSA) is 57.6 Å². The van der Waals surface area contributed by atoms with E-state index in [0.717, 1.165) is 11.3 Å². The highest BCUT2D eigenvalue weighted by molar-refractivity contribution is 5.99. The molecule has 1 N–H and O–H groups in total. The average Bonchev–Trinajstić information content (AvgIpc) is 2.67. The molecule has 0 aliphatic carbocycles. The van der Waals surface area contributed by atoms with Crippen molar-refractivity contribution in [2.75, 3.05) is 11.4 Å². The molecular weight excluding hydrogens is 230 g/mol. The van der Waals surface area contributed by atoms with E-state index < -0.39 is 11.9 Å². The first-order chi connectivity index (χ1) is 8.50. The van der Waals surface area contributed by atoms with Crippen LogP contribution >= 0.6 is 0 Å². The molecule has 18 heavy (non-hydrogen) atoms. The van der Waals surface area contributed by atoms with E-state index in [2.05, 4.69) is 0 Å². The second-order valence-corrected chi connectivity index (χ2v) is 5.05. The van der Waals surface area contributed by atoms with Gasteiger partial charge in [0.2, 0.25) is 5.91 Å². The summed E-state index contributed by atoms with van der Waals surface area (Å²) in [4.78, 5) is 24.9. The van der Waals surface area contributed by atoms with Crippen molar-refractivity contribution in [2.45, 2.75) is 26.2 Å². The molecule has 1 aliphatic rings. The van der Waals surface area contributed by atoms with Gasteiger partial charge in [0.1, 0.15) is 5.92 Å². The molecule has 1 amide bonds. The molecule has 0 saturated heterocycles. The van der Waals surface area contributed by atoms with Crippen molar-refractivity contribution in [1.29, 1.82) is 0 Å². The molecule has 0 fully saturated rings. The molecule has 0 bridgehead atoms. The second-order valence-electron chi connectivity index (χ2n) is 5.05. The summed E-state index contributed by atoms with van der Waals surface area (Å²) in [5.41, 5.74) is 1.48. The number of para-hydroxylation sites is 1. The Morgan fingerprint density at radius 1 is 1.39 bits per heavy atom. The first-order valence-corrected chi connectivity index (χ1v) is 6.12. The Bertz CT molecular complexity index is 482. The number of benzene rings is 1. The lowest BCUT2D eigenvalue weighted by Crippen LogP contribution is -2.31. The molecule has 1 aromatic carbocycles. The van der Waals surface area contributed by atoms with Crippen LogP contribution in [0.15, 0.2) is 24.3 Å². The lowest BCUT2D eigenvalue weighted by atomic mass is 10.0. The molecule has 4 nitrogen and oxygen atoms in total. The van der Waals surface area contributed by atoms with Crippen LogP contribution in [0, 0.1) is 5.92 Å². The number of carboxylic acids is 1. The number of anilines is 1. The summed E-state index contributed by atoms with van der Waals surface area (Å²) < 4.78 is 0. The van der Waals surface area contributed by atoms with E-state index in [0.29, 0.717) is 6.42 Å². The Kier molecular flexibility index (Phi) is 3.36. The Morgan fingerprint density at radius 3 is 2.67 bits per heavy atom. The Morgan fingerprint density at radius 2 is 2.06 bits per heavy atom. The molecule has 96 valence electrons. The van der Waals surface area contributed by atoms with E-state index in [1.807, 2.05) is 32.0 Å². The van der Waals surface area contributed by atoms with Crippen LogP contribution in [-0.4, -0.2) is 23.5 Å². The number of amides is 1. The standard InChI is InChI=1S/C14H17NO3/c1-9(2)7-13(16)15-8-11(14(17)18)10-5-3-4-6-12(10)15/h3-6,9,11H,7-8H2,1-2H3,(H,17,18). The number of nitrogens with zero attached hydrogens (tertiary/aromatic N) is 1. The zero-order valence-corrected chi connectivity index (χ0v) is 10.6. The minimum absolute atomic E-state index is 0.00111. The van der Waals surface area contributed by atoms with Gasteiger partial charge in [0.25, 0.3) is 0 Å². The Labute approximate surface area is 106 Å². The van der Waals surface area contributed by atoms with Gasteiger partial charge in [0.15, 0.2) is 0 Å². The summed E-state index contributed by atoms with van der Waals surface area (Å²) in [6.07, 6.45) is 0.445. The van der Waals surface area contributed by atoms with Gasteiger partial charge in [-0.2, -0.15) is 0 Å². The number of hydrogen-bond donors (Lipinski definition) is 1. The van der Waals surface area contributed by atoms with Crippen LogP contribution in [-0.2, 0) is 9.59 Å². The second kappa shape index (κ2) is 4.80. The molecule has 0 aromatic heterocycles. The van der Waals surface area contributed by atoms with Crippen LogP contribution in [0.4, 0.5) is 5.69 Å². The Balaban J connectivity index is 2.31.